The molecule has 0 unspecified atom stereocenters. The van der Waals surface area contributed by atoms with Gasteiger partial charge in [0.15, 0.2) is 0 Å². The molecule has 1 aliphatic heterocycles. The molecule has 2 aromatic carbocycles. The number of morpholine rings is 1. The van der Waals surface area contributed by atoms with Crippen LogP contribution >= 0.6 is 15.9 Å². The second kappa shape index (κ2) is 11.4. The van der Waals surface area contributed by atoms with Crippen molar-refractivity contribution in [2.24, 2.45) is 0 Å². The van der Waals surface area contributed by atoms with Crippen molar-refractivity contribution in [3.8, 4) is 0 Å². The zero-order chi connectivity index (χ0) is 27.6. The first kappa shape index (κ1) is 27.3. The van der Waals surface area contributed by atoms with Crippen molar-refractivity contribution in [2.75, 3.05) is 36.5 Å². The van der Waals surface area contributed by atoms with Gasteiger partial charge in [0.2, 0.25) is 0 Å². The number of aromatic amines is 1. The molecule has 0 atom stereocenters. The predicted octanol–water partition coefficient (Wildman–Crippen LogP) is 5.87. The summed E-state index contributed by atoms with van der Waals surface area (Å²) in [4.78, 5) is 24.3. The third kappa shape index (κ3) is 6.30. The van der Waals surface area contributed by atoms with Crippen molar-refractivity contribution >= 4 is 55.3 Å². The fourth-order valence-electron chi connectivity index (χ4n) is 5.03. The molecule has 39 heavy (non-hydrogen) atoms. The summed E-state index contributed by atoms with van der Waals surface area (Å²) in [5.74, 6) is -1.84. The number of carboxylic acid groups (broad SMARTS) is 1. The number of rotatable bonds is 5. The van der Waals surface area contributed by atoms with Gasteiger partial charge in [0.05, 0.1) is 48.3 Å². The van der Waals surface area contributed by atoms with Gasteiger partial charge in [-0.15, -0.1) is 0 Å². The van der Waals surface area contributed by atoms with Crippen LogP contribution in [0.5, 0.6) is 0 Å². The minimum absolute atomic E-state index is 0.557. The van der Waals surface area contributed by atoms with Gasteiger partial charge in [0, 0.05) is 29.3 Å². The maximum absolute atomic E-state index is 10.6. The number of aromatic nitrogens is 4. The molecule has 2 aromatic heterocycles. The highest BCUT2D eigenvalue weighted by Gasteiger charge is 2.38. The summed E-state index contributed by atoms with van der Waals surface area (Å²) in [6, 6.07) is 11.2. The van der Waals surface area contributed by atoms with E-state index in [2.05, 4.69) is 53.9 Å². The van der Waals surface area contributed by atoms with E-state index in [1.54, 1.807) is 0 Å². The number of ether oxygens (including phenoxy) is 1. The van der Waals surface area contributed by atoms with Crippen LogP contribution in [0.1, 0.15) is 37.5 Å². The number of hydrogen-bond acceptors (Lipinski definition) is 6. The Morgan fingerprint density at radius 3 is 2.59 bits per heavy atom. The summed E-state index contributed by atoms with van der Waals surface area (Å²) in [6.45, 7) is 4.00. The molecule has 2 fully saturated rings. The minimum Gasteiger partial charge on any atom is -0.475 e. The first-order valence-electron chi connectivity index (χ1n) is 12.7. The van der Waals surface area contributed by atoms with Crippen LogP contribution < -0.4 is 10.2 Å². The van der Waals surface area contributed by atoms with E-state index in [9.17, 15) is 13.2 Å². The van der Waals surface area contributed by atoms with Crippen LogP contribution in [0.3, 0.4) is 0 Å². The number of imidazole rings is 2. The first-order valence-corrected chi connectivity index (χ1v) is 13.5. The Morgan fingerprint density at radius 1 is 1.18 bits per heavy atom. The Bertz CT molecular complexity index is 1460. The van der Waals surface area contributed by atoms with E-state index < -0.39 is 12.1 Å². The van der Waals surface area contributed by atoms with E-state index in [4.69, 9.17) is 24.6 Å². The van der Waals surface area contributed by atoms with Gasteiger partial charge in [-0.25, -0.2) is 14.8 Å². The van der Waals surface area contributed by atoms with Crippen LogP contribution in [-0.4, -0.2) is 63.1 Å². The Morgan fingerprint density at radius 2 is 1.90 bits per heavy atom. The topological polar surface area (TPSA) is 108 Å². The number of nitrogens with zero attached hydrogens (tertiary/aromatic N) is 4. The van der Waals surface area contributed by atoms with E-state index in [0.717, 1.165) is 58.8 Å². The largest absolute Gasteiger partial charge is 0.490 e. The summed E-state index contributed by atoms with van der Waals surface area (Å²) in [6.07, 6.45) is 2.05. The van der Waals surface area contributed by atoms with Crippen LogP contribution in [0, 0.1) is 0 Å². The number of hydrogen-bond donors (Lipinski definition) is 3. The molecule has 0 amide bonds. The van der Waals surface area contributed by atoms with Crippen LogP contribution in [-0.2, 0) is 16.1 Å². The lowest BCUT2D eigenvalue weighted by molar-refractivity contribution is -0.192. The molecule has 1 aliphatic carbocycles. The molecule has 13 heteroatoms. The van der Waals surface area contributed by atoms with Gasteiger partial charge in [-0.2, -0.15) is 13.2 Å². The van der Waals surface area contributed by atoms with Crippen molar-refractivity contribution in [3.05, 3.63) is 47.0 Å². The highest BCUT2D eigenvalue weighted by molar-refractivity contribution is 9.10. The second-order valence-electron chi connectivity index (χ2n) is 9.55. The van der Waals surface area contributed by atoms with Crippen molar-refractivity contribution < 1.29 is 27.8 Å². The molecule has 4 aromatic rings. The maximum Gasteiger partial charge on any atom is 0.490 e. The molecule has 0 radical (unpaired) electrons. The van der Waals surface area contributed by atoms with Crippen LogP contribution in [0.2, 0.25) is 0 Å². The number of halogens is 4. The van der Waals surface area contributed by atoms with Crippen molar-refractivity contribution in [2.45, 2.75) is 44.4 Å². The Hall–Kier alpha value is -3.32. The van der Waals surface area contributed by atoms with Crippen molar-refractivity contribution in [3.63, 3.8) is 0 Å². The number of aliphatic carboxylic acids is 1. The summed E-state index contributed by atoms with van der Waals surface area (Å²) in [5, 5.41) is 10.7. The van der Waals surface area contributed by atoms with Gasteiger partial charge in [0.1, 0.15) is 11.3 Å². The van der Waals surface area contributed by atoms with Gasteiger partial charge < -0.3 is 29.6 Å². The Kier molecular flexibility index (Phi) is 7.98. The molecule has 9 nitrogen and oxygen atoms in total. The fourth-order valence-corrected chi connectivity index (χ4v) is 5.39. The monoisotopic (exact) mass is 608 g/mol. The normalized spacial score (nSPS) is 16.5. The number of H-pyrrole nitrogens is 1. The Balaban J connectivity index is 0.000000392. The molecule has 1 saturated heterocycles. The molecule has 0 spiro atoms. The summed E-state index contributed by atoms with van der Waals surface area (Å²) in [7, 11) is 0. The number of carboxylic acids is 1. The van der Waals surface area contributed by atoms with E-state index >= 15 is 0 Å². The van der Waals surface area contributed by atoms with E-state index in [-0.39, 0.29) is 0 Å². The van der Waals surface area contributed by atoms with Crippen molar-refractivity contribution in [1.82, 2.24) is 19.5 Å². The SMILES string of the molecule is Brc1ccc2nc(CNc3cc(N4CCOCC4)cc4c3ncn4C3CCCC3)[nH]c2c1.O=C(O)C(F)(F)F. The average molecular weight is 609 g/mol. The highest BCUT2D eigenvalue weighted by atomic mass is 79.9. The zero-order valence-corrected chi connectivity index (χ0v) is 22.6. The lowest BCUT2D eigenvalue weighted by Crippen LogP contribution is -2.36. The number of anilines is 2. The summed E-state index contributed by atoms with van der Waals surface area (Å²) < 4.78 is 40.8. The van der Waals surface area contributed by atoms with Gasteiger partial charge in [-0.05, 0) is 43.2 Å². The lowest BCUT2D eigenvalue weighted by Gasteiger charge is -2.29. The van der Waals surface area contributed by atoms with Gasteiger partial charge in [-0.3, -0.25) is 0 Å². The molecule has 208 valence electrons. The third-order valence-corrected chi connectivity index (χ3v) is 7.43. The van der Waals surface area contributed by atoms with E-state index in [1.165, 1.54) is 36.9 Å². The number of nitrogens with one attached hydrogen (secondary N) is 2. The van der Waals surface area contributed by atoms with E-state index in [0.29, 0.717) is 12.6 Å². The summed E-state index contributed by atoms with van der Waals surface area (Å²) in [5.41, 5.74) is 6.56. The Labute approximate surface area is 230 Å². The molecule has 3 N–H and O–H groups in total. The van der Waals surface area contributed by atoms with E-state index in [1.807, 2.05) is 18.5 Å². The first-order chi connectivity index (χ1) is 18.7. The van der Waals surface area contributed by atoms with Crippen LogP contribution in [0.25, 0.3) is 22.1 Å². The maximum atomic E-state index is 10.6. The molecule has 6 rings (SSSR count). The standard InChI is InChI=1S/C24H27BrN6O.C2HF3O2/c25-16-5-6-19-20(11-16)29-23(28-19)14-26-21-12-18(30-7-9-32-10-8-30)13-22-24(21)27-15-31(22)17-3-1-2-4-17;3-2(4,5)1(6)7/h5-6,11-13,15,17,26H,1-4,7-10,14H2,(H,28,29);(H,6,7). The number of alkyl halides is 3. The molecular formula is C26H28BrF3N6O3. The minimum atomic E-state index is -5.08. The zero-order valence-electron chi connectivity index (χ0n) is 21.0. The molecule has 2 aliphatic rings. The highest BCUT2D eigenvalue weighted by Crippen LogP contribution is 2.36. The number of fused-ring (bicyclic) bond motifs is 2. The second-order valence-corrected chi connectivity index (χ2v) is 10.5. The van der Waals surface area contributed by atoms with Crippen LogP contribution in [0.15, 0.2) is 41.1 Å². The molecule has 3 heterocycles. The number of benzene rings is 2. The predicted molar refractivity (Wildman–Crippen MR) is 145 cm³/mol. The fraction of sp³-hybridized carbons (Fsp3) is 0.423. The van der Waals surface area contributed by atoms with Crippen LogP contribution in [0.4, 0.5) is 24.5 Å². The number of carbonyl (C=O) groups is 1. The third-order valence-electron chi connectivity index (χ3n) is 6.94. The molecule has 1 saturated carbocycles. The summed E-state index contributed by atoms with van der Waals surface area (Å²) >= 11 is 3.53. The van der Waals surface area contributed by atoms with Gasteiger partial charge >= 0.3 is 12.1 Å². The smallest absolute Gasteiger partial charge is 0.475 e. The van der Waals surface area contributed by atoms with Gasteiger partial charge in [-0.1, -0.05) is 28.8 Å². The lowest BCUT2D eigenvalue weighted by atomic mass is 10.2. The quantitative estimate of drug-likeness (QED) is 0.260. The molecule has 0 bridgehead atoms. The van der Waals surface area contributed by atoms with Gasteiger partial charge in [0.25, 0.3) is 0 Å². The average Bonchev–Trinajstić information content (AvgIpc) is 3.66. The van der Waals surface area contributed by atoms with Crippen molar-refractivity contribution in [1.29, 1.82) is 0 Å². The molecular weight excluding hydrogens is 581 g/mol.